The molecule has 6 amide bonds. The van der Waals surface area contributed by atoms with Gasteiger partial charge < -0.3 is 57.1 Å². The Bertz CT molecular complexity index is 2000. The van der Waals surface area contributed by atoms with Crippen LogP contribution in [-0.4, -0.2) is 118 Å². The normalized spacial score (nSPS) is 11.4. The Balaban J connectivity index is 0.000000906. The number of ether oxygens (including phenoxy) is 1. The van der Waals surface area contributed by atoms with Crippen LogP contribution in [0.25, 0.3) is 0 Å². The van der Waals surface area contributed by atoms with Crippen LogP contribution in [0.3, 0.4) is 0 Å². The highest BCUT2D eigenvalue weighted by atomic mass is 16.5. The predicted octanol–water partition coefficient (Wildman–Crippen LogP) is 2.27. The van der Waals surface area contributed by atoms with Gasteiger partial charge in [0, 0.05) is 31.4 Å². The van der Waals surface area contributed by atoms with Crippen LogP contribution < -0.4 is 36.6 Å². The second-order valence-electron chi connectivity index (χ2n) is 13.6. The van der Waals surface area contributed by atoms with E-state index in [9.17, 15) is 48.3 Å². The largest absolute Gasteiger partial charge is 0.484 e. The average Bonchev–Trinajstić information content (AvgIpc) is 3.26. The van der Waals surface area contributed by atoms with Crippen LogP contribution >= 0.6 is 0 Å². The van der Waals surface area contributed by atoms with Gasteiger partial charge in [0.2, 0.25) is 11.8 Å². The number of aliphatic carboxylic acids is 4. The first-order chi connectivity index (χ1) is 30.5. The van der Waals surface area contributed by atoms with Crippen LogP contribution in [-0.2, 0) is 46.4 Å². The first kappa shape index (κ1) is 54.5. The number of urea groups is 1. The molecule has 0 heterocycles. The summed E-state index contributed by atoms with van der Waals surface area (Å²) in [7, 11) is 0. The number of nitrogens with one attached hydrogen (secondary N) is 6. The van der Waals surface area contributed by atoms with E-state index < -0.39 is 78.7 Å². The summed E-state index contributed by atoms with van der Waals surface area (Å²) < 4.78 is 5.60. The second kappa shape index (κ2) is 30.5. The molecule has 3 aromatic rings. The maximum absolute atomic E-state index is 12.8. The molecule has 0 radical (unpaired) electrons. The molecular weight excluding hydrogens is 837 g/mol. The van der Waals surface area contributed by atoms with Crippen molar-refractivity contribution in [3.05, 3.63) is 101 Å². The van der Waals surface area contributed by atoms with Gasteiger partial charge in [-0.1, -0.05) is 87.4 Å². The third-order valence-electron chi connectivity index (χ3n) is 8.47. The van der Waals surface area contributed by atoms with Gasteiger partial charge in [0.25, 0.3) is 11.8 Å². The lowest BCUT2D eigenvalue weighted by molar-refractivity contribution is -0.142. The van der Waals surface area contributed by atoms with E-state index in [4.69, 9.17) is 20.1 Å². The molecule has 3 aromatic carbocycles. The van der Waals surface area contributed by atoms with E-state index >= 15 is 0 Å². The van der Waals surface area contributed by atoms with Crippen molar-refractivity contribution in [3.63, 3.8) is 0 Å². The summed E-state index contributed by atoms with van der Waals surface area (Å²) in [4.78, 5) is 104. The zero-order valence-electron chi connectivity index (χ0n) is 36.2. The maximum Gasteiger partial charge on any atom is 0.326 e. The number of carboxylic acids is 4. The summed E-state index contributed by atoms with van der Waals surface area (Å²) >= 11 is 0. The van der Waals surface area contributed by atoms with Crippen molar-refractivity contribution in [2.75, 3.05) is 26.2 Å². The van der Waals surface area contributed by atoms with Crippen molar-refractivity contribution in [1.29, 1.82) is 0 Å². The van der Waals surface area contributed by atoms with Gasteiger partial charge >= 0.3 is 29.9 Å². The number of hydrogen-bond donors (Lipinski definition) is 10. The molecular formula is C44H58N6O14. The Morgan fingerprint density at radius 2 is 1.23 bits per heavy atom. The Morgan fingerprint density at radius 1 is 0.625 bits per heavy atom. The molecule has 348 valence electrons. The average molecular weight is 895 g/mol. The fourth-order valence-corrected chi connectivity index (χ4v) is 5.30. The van der Waals surface area contributed by atoms with E-state index in [0.717, 1.165) is 24.0 Å². The molecule has 3 atom stereocenters. The first-order valence-electron chi connectivity index (χ1n) is 20.4. The molecule has 3 rings (SSSR count). The van der Waals surface area contributed by atoms with Crippen molar-refractivity contribution in [2.45, 2.75) is 84.3 Å². The van der Waals surface area contributed by atoms with Crippen LogP contribution in [0.15, 0.2) is 78.9 Å². The smallest absolute Gasteiger partial charge is 0.326 e. The molecule has 0 spiro atoms. The highest BCUT2D eigenvalue weighted by Crippen LogP contribution is 2.14. The molecule has 20 nitrogen and oxygen atoms in total. The third-order valence-corrected chi connectivity index (χ3v) is 8.47. The van der Waals surface area contributed by atoms with Crippen molar-refractivity contribution >= 4 is 53.5 Å². The van der Waals surface area contributed by atoms with Crippen LogP contribution in [0.2, 0.25) is 0 Å². The summed E-state index contributed by atoms with van der Waals surface area (Å²) in [6.07, 6.45) is 1.38. The molecule has 64 heavy (non-hydrogen) atoms. The van der Waals surface area contributed by atoms with Crippen molar-refractivity contribution in [1.82, 2.24) is 31.9 Å². The van der Waals surface area contributed by atoms with Crippen molar-refractivity contribution in [2.24, 2.45) is 0 Å². The van der Waals surface area contributed by atoms with Gasteiger partial charge in [0.1, 0.15) is 30.4 Å². The fraction of sp³-hybridized carbons (Fsp3) is 0.386. The Labute approximate surface area is 370 Å². The summed E-state index contributed by atoms with van der Waals surface area (Å²) in [5.74, 6) is -6.53. The number of hydrogen-bond acceptors (Lipinski definition) is 10. The minimum Gasteiger partial charge on any atom is -0.484 e. The molecule has 0 bridgehead atoms. The maximum atomic E-state index is 12.8. The number of rotatable bonds is 24. The Kier molecular flexibility index (Phi) is 26.0. The van der Waals surface area contributed by atoms with Gasteiger partial charge in [-0.25, -0.2) is 14.4 Å². The van der Waals surface area contributed by atoms with E-state index in [-0.39, 0.29) is 31.9 Å². The lowest BCUT2D eigenvalue weighted by Crippen LogP contribution is -2.49. The van der Waals surface area contributed by atoms with E-state index in [1.54, 1.807) is 42.5 Å². The van der Waals surface area contributed by atoms with Gasteiger partial charge in [-0.3, -0.25) is 28.8 Å². The number of carboxylic acid groups (broad SMARTS) is 4. The van der Waals surface area contributed by atoms with Gasteiger partial charge in [0.05, 0.1) is 6.54 Å². The van der Waals surface area contributed by atoms with E-state index in [1.165, 1.54) is 0 Å². The number of benzene rings is 3. The topological polar surface area (TPSA) is 316 Å². The highest BCUT2D eigenvalue weighted by molar-refractivity contribution is 5.97. The number of unbranched alkanes of at least 4 members (excludes halogenated alkanes) is 1. The molecule has 0 fully saturated rings. The monoisotopic (exact) mass is 894 g/mol. The summed E-state index contributed by atoms with van der Waals surface area (Å²) in [5.41, 5.74) is 2.81. The summed E-state index contributed by atoms with van der Waals surface area (Å²) in [5, 5.41) is 49.3. The number of carbonyl (C=O) groups is 9. The van der Waals surface area contributed by atoms with Gasteiger partial charge in [0.15, 0.2) is 6.61 Å². The number of aryl methyl sites for hydroxylation is 1. The lowest BCUT2D eigenvalue weighted by atomic mass is 10.1. The first-order valence-corrected chi connectivity index (χ1v) is 20.4. The van der Waals surface area contributed by atoms with Crippen LogP contribution in [0, 0.1) is 6.92 Å². The fourth-order valence-electron chi connectivity index (χ4n) is 5.30. The summed E-state index contributed by atoms with van der Waals surface area (Å²) in [6, 6.07) is 18.4. The minimum absolute atomic E-state index is 0.0119. The lowest BCUT2D eigenvalue weighted by Gasteiger charge is -2.19. The highest BCUT2D eigenvalue weighted by Gasteiger charge is 2.23. The Hall–Kier alpha value is -7.51. The molecule has 3 unspecified atom stereocenters. The van der Waals surface area contributed by atoms with Crippen LogP contribution in [0.1, 0.15) is 73.5 Å². The molecule has 20 heteroatoms. The summed E-state index contributed by atoms with van der Waals surface area (Å²) in [6.45, 7) is 7.04. The zero-order valence-corrected chi connectivity index (χ0v) is 36.2. The molecule has 0 saturated heterocycles. The minimum atomic E-state index is -1.39. The number of amides is 6. The van der Waals surface area contributed by atoms with E-state index in [0.29, 0.717) is 29.8 Å². The third kappa shape index (κ3) is 23.5. The van der Waals surface area contributed by atoms with Crippen molar-refractivity contribution in [3.8, 4) is 5.75 Å². The van der Waals surface area contributed by atoms with E-state index in [1.807, 2.05) is 74.7 Å². The molecule has 0 aliphatic rings. The predicted molar refractivity (Wildman–Crippen MR) is 233 cm³/mol. The molecule has 0 aliphatic heterocycles. The standard InChI is InChI=1S/C34H40N4O7.C8H12N2O7.C2H6/c1-3-4-17-35-33(42)28(19-24-10-6-5-7-11-24)37-31(40)22-45-27-15-13-25(14-16-27)20-29(34(43)44)38-30(39)21-36-32(41)26-12-8-9-23(2)18-26;11-5(12)2-1-4(7(15)16)10-8(17)9-3-6(13)14;1-2/h5-16,18,28-29H,3-4,17,19-22H2,1-2H3,(H,35,42)(H,36,41)(H,37,40)(H,38,39)(H,43,44);4H,1-3H2,(H,11,12)(H,13,14)(H,15,16)(H2,9,10,17);1-2H3. The SMILES string of the molecule is CC.CCCCNC(=O)C(Cc1ccccc1)NC(=O)COc1ccc(CC(NC(=O)CNC(=O)c2cccc(C)c2)C(=O)O)cc1.O=C(O)CCC(NC(=O)NCC(=O)O)C(=O)O. The molecule has 0 saturated carbocycles. The number of carbonyl (C=O) groups excluding carboxylic acids is 5. The van der Waals surface area contributed by atoms with Gasteiger partial charge in [-0.05, 0) is 55.2 Å². The van der Waals surface area contributed by atoms with Crippen LogP contribution in [0.5, 0.6) is 5.75 Å². The second-order valence-corrected chi connectivity index (χ2v) is 13.6. The van der Waals surface area contributed by atoms with Gasteiger partial charge in [-0.2, -0.15) is 0 Å². The van der Waals surface area contributed by atoms with E-state index in [2.05, 4.69) is 21.3 Å². The van der Waals surface area contributed by atoms with Gasteiger partial charge in [-0.15, -0.1) is 0 Å². The quantitative estimate of drug-likeness (QED) is 0.0577. The van der Waals surface area contributed by atoms with Crippen LogP contribution in [0.4, 0.5) is 4.79 Å². The Morgan fingerprint density at radius 3 is 1.81 bits per heavy atom. The zero-order chi connectivity index (χ0) is 48.0. The molecule has 0 aromatic heterocycles. The molecule has 10 N–H and O–H groups in total. The molecule has 0 aliphatic carbocycles. The van der Waals surface area contributed by atoms with Crippen molar-refractivity contribution < 1.29 is 68.3 Å².